The highest BCUT2D eigenvalue weighted by atomic mass is 32.2. The van der Waals surface area contributed by atoms with Crippen molar-refractivity contribution in [2.45, 2.75) is 4.90 Å². The largest absolute Gasteiger partial charge is 0.506 e. The summed E-state index contributed by atoms with van der Waals surface area (Å²) < 4.78 is 23.0. The van der Waals surface area contributed by atoms with Crippen molar-refractivity contribution in [1.29, 1.82) is 0 Å². The molecule has 1 N–H and O–H groups in total. The molecule has 2 rings (SSSR count). The van der Waals surface area contributed by atoms with Gasteiger partial charge in [0, 0.05) is 18.0 Å². The Bertz CT molecular complexity index is 707. The zero-order valence-corrected chi connectivity index (χ0v) is 11.1. The van der Waals surface area contributed by atoms with E-state index in [0.717, 1.165) is 11.9 Å². The van der Waals surface area contributed by atoms with Gasteiger partial charge in [-0.05, 0) is 24.3 Å². The Labute approximate surface area is 112 Å². The molecule has 19 heavy (non-hydrogen) atoms. The second-order valence-corrected chi connectivity index (χ2v) is 6.04. The van der Waals surface area contributed by atoms with Crippen LogP contribution in [0.5, 0.6) is 5.75 Å². The van der Waals surface area contributed by atoms with Gasteiger partial charge in [0.05, 0.1) is 5.69 Å². The van der Waals surface area contributed by atoms with Crippen LogP contribution in [0.25, 0.3) is 0 Å². The van der Waals surface area contributed by atoms with Crippen LogP contribution in [0.4, 0.5) is 5.69 Å². The zero-order chi connectivity index (χ0) is 13.9. The molecule has 0 amide bonds. The number of aliphatic imine (C=N–C) groups is 1. The van der Waals surface area contributed by atoms with Crippen molar-refractivity contribution in [3.63, 3.8) is 0 Å². The van der Waals surface area contributed by atoms with Crippen LogP contribution in [0.15, 0.2) is 58.4 Å². The molecule has 0 aromatic heterocycles. The number of nitrogens with zero attached hydrogens (tertiary/aromatic N) is 1. The number of rotatable bonds is 3. The lowest BCUT2D eigenvalue weighted by Gasteiger charge is -2.04. The smallest absolute Gasteiger partial charge is 0.179 e. The molecule has 0 aliphatic carbocycles. The molecule has 0 unspecified atom stereocenters. The number of phenolic OH excluding ortho intramolecular Hbond substituents is 1. The van der Waals surface area contributed by atoms with Crippen LogP contribution in [0.1, 0.15) is 5.56 Å². The minimum Gasteiger partial charge on any atom is -0.506 e. The van der Waals surface area contributed by atoms with Crippen LogP contribution in [0.3, 0.4) is 0 Å². The fourth-order valence-corrected chi connectivity index (χ4v) is 2.40. The average Bonchev–Trinajstić information content (AvgIpc) is 2.37. The van der Waals surface area contributed by atoms with Gasteiger partial charge in [-0.1, -0.05) is 24.3 Å². The molecule has 0 fully saturated rings. The first kappa shape index (κ1) is 13.3. The van der Waals surface area contributed by atoms with Crippen molar-refractivity contribution in [1.82, 2.24) is 0 Å². The van der Waals surface area contributed by atoms with E-state index < -0.39 is 9.84 Å². The number of aromatic hydroxyl groups is 1. The van der Waals surface area contributed by atoms with Crippen LogP contribution in [0.2, 0.25) is 0 Å². The SMILES string of the molecule is CS(=O)(=O)c1cccc(C=Nc2ccccc2)c1O. The molecule has 0 bridgehead atoms. The Morgan fingerprint density at radius 1 is 1.05 bits per heavy atom. The Kier molecular flexibility index (Phi) is 3.66. The summed E-state index contributed by atoms with van der Waals surface area (Å²) in [5, 5.41) is 9.93. The van der Waals surface area contributed by atoms with E-state index in [1.807, 2.05) is 30.3 Å². The Morgan fingerprint density at radius 2 is 1.74 bits per heavy atom. The molecule has 0 radical (unpaired) electrons. The Balaban J connectivity index is 2.40. The molecule has 0 atom stereocenters. The predicted molar refractivity (Wildman–Crippen MR) is 74.9 cm³/mol. The third kappa shape index (κ3) is 3.20. The van der Waals surface area contributed by atoms with Gasteiger partial charge < -0.3 is 5.11 Å². The summed E-state index contributed by atoms with van der Waals surface area (Å²) in [6.45, 7) is 0. The van der Waals surface area contributed by atoms with Crippen molar-refractivity contribution >= 4 is 21.7 Å². The van der Waals surface area contributed by atoms with Gasteiger partial charge in [0.2, 0.25) is 0 Å². The monoisotopic (exact) mass is 275 g/mol. The van der Waals surface area contributed by atoms with Crippen LogP contribution in [-0.4, -0.2) is 26.0 Å². The highest BCUT2D eigenvalue weighted by molar-refractivity contribution is 7.90. The highest BCUT2D eigenvalue weighted by Gasteiger charge is 2.14. The number of benzene rings is 2. The van der Waals surface area contributed by atoms with E-state index >= 15 is 0 Å². The van der Waals surface area contributed by atoms with Crippen LogP contribution < -0.4 is 0 Å². The van der Waals surface area contributed by atoms with Crippen LogP contribution in [-0.2, 0) is 9.84 Å². The zero-order valence-electron chi connectivity index (χ0n) is 10.3. The second kappa shape index (κ2) is 5.24. The Hall–Kier alpha value is -2.14. The van der Waals surface area contributed by atoms with Gasteiger partial charge in [-0.3, -0.25) is 4.99 Å². The summed E-state index contributed by atoms with van der Waals surface area (Å²) in [6.07, 6.45) is 2.50. The lowest BCUT2D eigenvalue weighted by atomic mass is 10.2. The van der Waals surface area contributed by atoms with Crippen molar-refractivity contribution in [2.75, 3.05) is 6.26 Å². The van der Waals surface area contributed by atoms with Crippen molar-refractivity contribution < 1.29 is 13.5 Å². The molecule has 4 nitrogen and oxygen atoms in total. The number of hydrogen-bond acceptors (Lipinski definition) is 4. The fourth-order valence-electron chi connectivity index (χ4n) is 1.60. The van der Waals surface area contributed by atoms with Gasteiger partial charge in [-0.25, -0.2) is 8.42 Å². The van der Waals surface area contributed by atoms with Gasteiger partial charge in [0.25, 0.3) is 0 Å². The van der Waals surface area contributed by atoms with Gasteiger partial charge in [-0.15, -0.1) is 0 Å². The first-order valence-corrected chi connectivity index (χ1v) is 7.49. The summed E-state index contributed by atoms with van der Waals surface area (Å²) in [6, 6.07) is 13.7. The fraction of sp³-hybridized carbons (Fsp3) is 0.0714. The van der Waals surface area contributed by atoms with E-state index in [1.165, 1.54) is 12.3 Å². The number of sulfone groups is 1. The molecule has 0 heterocycles. The third-order valence-electron chi connectivity index (χ3n) is 2.54. The quantitative estimate of drug-likeness (QED) is 0.875. The van der Waals surface area contributed by atoms with Crippen molar-refractivity contribution in [3.8, 4) is 5.75 Å². The van der Waals surface area contributed by atoms with Crippen LogP contribution in [0, 0.1) is 0 Å². The summed E-state index contributed by atoms with van der Waals surface area (Å²) in [7, 11) is -3.45. The van der Waals surface area contributed by atoms with Crippen molar-refractivity contribution in [2.24, 2.45) is 4.99 Å². The molecule has 0 spiro atoms. The Morgan fingerprint density at radius 3 is 2.37 bits per heavy atom. The average molecular weight is 275 g/mol. The first-order valence-electron chi connectivity index (χ1n) is 5.59. The summed E-state index contributed by atoms with van der Waals surface area (Å²) >= 11 is 0. The lowest BCUT2D eigenvalue weighted by Crippen LogP contribution is -1.99. The standard InChI is InChI=1S/C14H13NO3S/c1-19(17,18)13-9-5-6-11(14(13)16)10-15-12-7-3-2-4-8-12/h2-10,16H,1H3. The number of para-hydroxylation sites is 2. The van der Waals surface area contributed by atoms with E-state index in [1.54, 1.807) is 12.1 Å². The summed E-state index contributed by atoms with van der Waals surface area (Å²) in [4.78, 5) is 4.09. The molecular formula is C14H13NO3S. The highest BCUT2D eigenvalue weighted by Crippen LogP contribution is 2.25. The molecule has 2 aromatic carbocycles. The lowest BCUT2D eigenvalue weighted by molar-refractivity contribution is 0.458. The summed E-state index contributed by atoms with van der Waals surface area (Å²) in [5.74, 6) is -0.273. The molecule has 0 aliphatic heterocycles. The topological polar surface area (TPSA) is 66.7 Å². The first-order chi connectivity index (χ1) is 8.98. The number of phenols is 1. The van der Waals surface area contributed by atoms with E-state index in [0.29, 0.717) is 5.56 Å². The minimum atomic E-state index is -3.45. The normalized spacial score (nSPS) is 11.8. The molecule has 0 aliphatic rings. The maximum Gasteiger partial charge on any atom is 0.179 e. The number of hydrogen-bond donors (Lipinski definition) is 1. The van der Waals surface area contributed by atoms with Gasteiger partial charge in [0.1, 0.15) is 10.6 Å². The molecular weight excluding hydrogens is 262 g/mol. The van der Waals surface area contributed by atoms with Crippen LogP contribution >= 0.6 is 0 Å². The van der Waals surface area contributed by atoms with Gasteiger partial charge >= 0.3 is 0 Å². The molecule has 5 heteroatoms. The van der Waals surface area contributed by atoms with E-state index in [2.05, 4.69) is 4.99 Å². The second-order valence-electron chi connectivity index (χ2n) is 4.06. The van der Waals surface area contributed by atoms with E-state index in [-0.39, 0.29) is 10.6 Å². The van der Waals surface area contributed by atoms with Gasteiger partial charge in [-0.2, -0.15) is 0 Å². The van der Waals surface area contributed by atoms with E-state index in [9.17, 15) is 13.5 Å². The maximum absolute atomic E-state index is 11.5. The molecule has 0 saturated heterocycles. The summed E-state index contributed by atoms with van der Waals surface area (Å²) in [5.41, 5.74) is 1.10. The van der Waals surface area contributed by atoms with Crippen molar-refractivity contribution in [3.05, 3.63) is 54.1 Å². The van der Waals surface area contributed by atoms with E-state index in [4.69, 9.17) is 0 Å². The third-order valence-corrected chi connectivity index (χ3v) is 3.67. The molecule has 0 saturated carbocycles. The molecule has 98 valence electrons. The van der Waals surface area contributed by atoms with Gasteiger partial charge in [0.15, 0.2) is 9.84 Å². The molecule has 2 aromatic rings. The maximum atomic E-state index is 11.5. The predicted octanol–water partition coefficient (Wildman–Crippen LogP) is 2.55. The minimum absolute atomic E-state index is 0.0930.